The molecule has 184 valence electrons. The lowest BCUT2D eigenvalue weighted by atomic mass is 9.77. The van der Waals surface area contributed by atoms with Gasteiger partial charge in [0.2, 0.25) is 0 Å². The van der Waals surface area contributed by atoms with Gasteiger partial charge in [-0.25, -0.2) is 9.67 Å². The van der Waals surface area contributed by atoms with Crippen molar-refractivity contribution in [3.8, 4) is 0 Å². The van der Waals surface area contributed by atoms with Gasteiger partial charge in [-0.3, -0.25) is 0 Å². The summed E-state index contributed by atoms with van der Waals surface area (Å²) in [4.78, 5) is 4.88. The number of fused-ring (bicyclic) bond motifs is 1. The second kappa shape index (κ2) is 8.68. The molecule has 0 N–H and O–H groups in total. The monoisotopic (exact) mass is 487 g/mol. The van der Waals surface area contributed by atoms with Crippen molar-refractivity contribution >= 4 is 23.7 Å². The first-order valence-corrected chi connectivity index (χ1v) is 12.7. The number of pyridine rings is 1. The lowest BCUT2D eigenvalue weighted by Crippen LogP contribution is -2.41. The molecule has 0 spiro atoms. The highest BCUT2D eigenvalue weighted by molar-refractivity contribution is 6.64. The summed E-state index contributed by atoms with van der Waals surface area (Å²) in [7, 11) is -0.613. The zero-order valence-electron chi connectivity index (χ0n) is 21.6. The van der Waals surface area contributed by atoms with Gasteiger partial charge in [0.1, 0.15) is 11.1 Å². The molecule has 5 nitrogen and oxygen atoms in total. The van der Waals surface area contributed by atoms with Crippen LogP contribution in [-0.4, -0.2) is 33.1 Å². The highest BCUT2D eigenvalue weighted by atomic mass is 16.7. The maximum absolute atomic E-state index is 6.48. The molecule has 6 heteroatoms. The minimum absolute atomic E-state index is 0.481. The molecule has 1 aliphatic heterocycles. The predicted octanol–water partition coefficient (Wildman–Crippen LogP) is 5.57. The van der Waals surface area contributed by atoms with Gasteiger partial charge in [-0.1, -0.05) is 91.0 Å². The van der Waals surface area contributed by atoms with Gasteiger partial charge in [-0.2, -0.15) is 5.10 Å². The van der Waals surface area contributed by atoms with Crippen molar-refractivity contribution in [2.45, 2.75) is 44.4 Å². The molecule has 6 rings (SSSR count). The molecule has 0 atom stereocenters. The smallest absolute Gasteiger partial charge is 0.398 e. The normalized spacial score (nSPS) is 16.8. The number of hydrogen-bond acceptors (Lipinski definition) is 4. The molecule has 1 aliphatic rings. The van der Waals surface area contributed by atoms with Crippen LogP contribution in [0.3, 0.4) is 0 Å². The number of rotatable bonds is 5. The summed E-state index contributed by atoms with van der Waals surface area (Å²) >= 11 is 0. The zero-order chi connectivity index (χ0) is 25.7. The van der Waals surface area contributed by atoms with Crippen molar-refractivity contribution < 1.29 is 9.31 Å². The number of hydrogen-bond donors (Lipinski definition) is 0. The van der Waals surface area contributed by atoms with Gasteiger partial charge in [-0.05, 0) is 56.5 Å². The minimum atomic E-state index is -0.779. The molecular formula is C31H30BN3O2. The van der Waals surface area contributed by atoms with Crippen molar-refractivity contribution in [1.82, 2.24) is 14.8 Å². The van der Waals surface area contributed by atoms with Gasteiger partial charge >= 0.3 is 7.12 Å². The molecule has 0 aliphatic carbocycles. The fraction of sp³-hybridized carbons (Fsp3) is 0.226. The molecular weight excluding hydrogens is 457 g/mol. The average molecular weight is 487 g/mol. The Morgan fingerprint density at radius 3 is 1.57 bits per heavy atom. The topological polar surface area (TPSA) is 49.2 Å². The van der Waals surface area contributed by atoms with Crippen LogP contribution in [0.15, 0.2) is 109 Å². The molecule has 3 aromatic carbocycles. The van der Waals surface area contributed by atoms with E-state index in [4.69, 9.17) is 19.4 Å². The third-order valence-electron chi connectivity index (χ3n) is 7.84. The standard InChI is InChI=1S/C31H30BN3O2/c1-29(2)30(3,4)37-32(36-29)27-26-21-14-22-33-28(26)35(34-27)31(23-15-8-5-9-16-23,24-17-10-6-11-18-24)25-19-12-7-13-20-25/h5-22H,1-4H3. The minimum Gasteiger partial charge on any atom is -0.398 e. The van der Waals surface area contributed by atoms with Crippen molar-refractivity contribution in [3.05, 3.63) is 126 Å². The maximum atomic E-state index is 6.48. The Labute approximate surface area is 218 Å². The number of benzene rings is 3. The lowest BCUT2D eigenvalue weighted by Gasteiger charge is -2.36. The van der Waals surface area contributed by atoms with Gasteiger partial charge in [0, 0.05) is 11.6 Å². The Hall–Kier alpha value is -3.74. The largest absolute Gasteiger partial charge is 0.517 e. The van der Waals surface area contributed by atoms with E-state index in [1.54, 1.807) is 0 Å². The predicted molar refractivity (Wildman–Crippen MR) is 148 cm³/mol. The Kier molecular flexibility index (Phi) is 5.55. The number of aromatic nitrogens is 3. The van der Waals surface area contributed by atoms with Crippen molar-refractivity contribution in [3.63, 3.8) is 0 Å². The summed E-state index contributed by atoms with van der Waals surface area (Å²) in [5.74, 6) is 0. The summed E-state index contributed by atoms with van der Waals surface area (Å²) in [5, 5.41) is 6.22. The van der Waals surface area contributed by atoms with E-state index in [1.165, 1.54) is 0 Å². The van der Waals surface area contributed by atoms with Crippen LogP contribution in [0.5, 0.6) is 0 Å². The van der Waals surface area contributed by atoms with Gasteiger partial charge in [0.15, 0.2) is 5.65 Å². The van der Waals surface area contributed by atoms with Crippen LogP contribution in [0, 0.1) is 0 Å². The fourth-order valence-corrected chi connectivity index (χ4v) is 5.24. The highest BCUT2D eigenvalue weighted by Gasteiger charge is 2.54. The molecule has 5 aromatic rings. The van der Waals surface area contributed by atoms with Gasteiger partial charge in [0.25, 0.3) is 0 Å². The van der Waals surface area contributed by atoms with Crippen LogP contribution >= 0.6 is 0 Å². The Morgan fingerprint density at radius 1 is 0.649 bits per heavy atom. The molecule has 0 bridgehead atoms. The van der Waals surface area contributed by atoms with E-state index in [9.17, 15) is 0 Å². The van der Waals surface area contributed by atoms with Gasteiger partial charge in [-0.15, -0.1) is 0 Å². The zero-order valence-corrected chi connectivity index (χ0v) is 21.6. The van der Waals surface area contributed by atoms with E-state index >= 15 is 0 Å². The molecule has 1 fully saturated rings. The molecule has 0 unspecified atom stereocenters. The van der Waals surface area contributed by atoms with Crippen LogP contribution in [0.2, 0.25) is 0 Å². The van der Waals surface area contributed by atoms with Crippen molar-refractivity contribution in [2.24, 2.45) is 0 Å². The first-order valence-electron chi connectivity index (χ1n) is 12.7. The Bertz CT molecular complexity index is 1420. The summed E-state index contributed by atoms with van der Waals surface area (Å²) in [6.45, 7) is 8.25. The number of nitrogens with zero attached hydrogens (tertiary/aromatic N) is 3. The SMILES string of the molecule is CC1(C)OB(c2nn(C(c3ccccc3)(c3ccccc3)c3ccccc3)c3ncccc23)OC1(C)C. The molecule has 2 aromatic heterocycles. The quantitative estimate of drug-likeness (QED) is 0.240. The van der Waals surface area contributed by atoms with Crippen molar-refractivity contribution in [1.29, 1.82) is 0 Å². The first-order chi connectivity index (χ1) is 17.8. The Morgan fingerprint density at radius 2 is 1.11 bits per heavy atom. The Balaban J connectivity index is 1.70. The summed E-state index contributed by atoms with van der Waals surface area (Å²) in [6.07, 6.45) is 1.82. The average Bonchev–Trinajstić information content (AvgIpc) is 3.40. The second-order valence-electron chi connectivity index (χ2n) is 10.6. The molecule has 0 saturated carbocycles. The van der Waals surface area contributed by atoms with Gasteiger partial charge in [0.05, 0.1) is 11.2 Å². The summed E-state index contributed by atoms with van der Waals surface area (Å²) < 4.78 is 15.0. The van der Waals surface area contributed by atoms with E-state index < -0.39 is 23.9 Å². The van der Waals surface area contributed by atoms with E-state index in [2.05, 4.69) is 111 Å². The van der Waals surface area contributed by atoms with Gasteiger partial charge < -0.3 is 9.31 Å². The van der Waals surface area contributed by atoms with E-state index in [0.29, 0.717) is 0 Å². The second-order valence-corrected chi connectivity index (χ2v) is 10.6. The van der Waals surface area contributed by atoms with E-state index in [0.717, 1.165) is 33.3 Å². The molecule has 3 heterocycles. The maximum Gasteiger partial charge on any atom is 0.517 e. The molecule has 1 saturated heterocycles. The van der Waals surface area contributed by atoms with Crippen LogP contribution in [-0.2, 0) is 14.8 Å². The third-order valence-corrected chi connectivity index (χ3v) is 7.84. The van der Waals surface area contributed by atoms with Crippen LogP contribution < -0.4 is 5.59 Å². The van der Waals surface area contributed by atoms with Crippen LogP contribution in [0.4, 0.5) is 0 Å². The van der Waals surface area contributed by atoms with E-state index in [-0.39, 0.29) is 0 Å². The van der Waals surface area contributed by atoms with E-state index in [1.807, 2.05) is 30.5 Å². The third kappa shape index (κ3) is 3.63. The molecule has 37 heavy (non-hydrogen) atoms. The molecule has 0 radical (unpaired) electrons. The first kappa shape index (κ1) is 23.7. The molecule has 0 amide bonds. The van der Waals surface area contributed by atoms with Crippen LogP contribution in [0.25, 0.3) is 11.0 Å². The van der Waals surface area contributed by atoms with Crippen LogP contribution in [0.1, 0.15) is 44.4 Å². The van der Waals surface area contributed by atoms with Crippen molar-refractivity contribution in [2.75, 3.05) is 0 Å². The summed E-state index contributed by atoms with van der Waals surface area (Å²) in [5.41, 5.74) is 3.01. The summed E-state index contributed by atoms with van der Waals surface area (Å²) in [6, 6.07) is 35.5. The lowest BCUT2D eigenvalue weighted by molar-refractivity contribution is 0.00578. The fourth-order valence-electron chi connectivity index (χ4n) is 5.24. The highest BCUT2D eigenvalue weighted by Crippen LogP contribution is 2.42.